The standard InChI is InChI=1S/C7H12N4OS/c8-3-4-13-7-10-9-6(12)11(7)5-1-2-5/h5H,1-4,8H2,(H,9,12). The highest BCUT2D eigenvalue weighted by Gasteiger charge is 2.28. The van der Waals surface area contributed by atoms with Crippen molar-refractivity contribution in [3.8, 4) is 0 Å². The van der Waals surface area contributed by atoms with Crippen LogP contribution in [0.5, 0.6) is 0 Å². The zero-order valence-electron chi connectivity index (χ0n) is 7.19. The molecule has 3 N–H and O–H groups in total. The van der Waals surface area contributed by atoms with E-state index in [1.165, 1.54) is 11.8 Å². The van der Waals surface area contributed by atoms with E-state index in [9.17, 15) is 4.79 Å². The number of thioether (sulfide) groups is 1. The number of hydrogen-bond donors (Lipinski definition) is 2. The third kappa shape index (κ3) is 1.78. The quantitative estimate of drug-likeness (QED) is 0.668. The number of rotatable bonds is 4. The molecule has 1 aromatic heterocycles. The number of aromatic nitrogens is 3. The highest BCUT2D eigenvalue weighted by molar-refractivity contribution is 7.99. The zero-order chi connectivity index (χ0) is 9.26. The summed E-state index contributed by atoms with van der Waals surface area (Å²) in [6.45, 7) is 0.608. The lowest BCUT2D eigenvalue weighted by atomic mass is 10.7. The maximum absolute atomic E-state index is 11.3. The van der Waals surface area contributed by atoms with Gasteiger partial charge in [-0.25, -0.2) is 9.89 Å². The third-order valence-corrected chi connectivity index (χ3v) is 2.92. The Morgan fingerprint density at radius 2 is 2.46 bits per heavy atom. The molecule has 0 spiro atoms. The molecule has 0 bridgehead atoms. The molecule has 0 atom stereocenters. The number of H-pyrrole nitrogens is 1. The molecule has 0 unspecified atom stereocenters. The van der Waals surface area contributed by atoms with Crippen LogP contribution in [0, 0.1) is 0 Å². The summed E-state index contributed by atoms with van der Waals surface area (Å²) in [5.74, 6) is 0.803. The summed E-state index contributed by atoms with van der Waals surface area (Å²) in [6, 6.07) is 0.381. The number of nitrogens with one attached hydrogen (secondary N) is 1. The zero-order valence-corrected chi connectivity index (χ0v) is 8.01. The van der Waals surface area contributed by atoms with E-state index in [1.807, 2.05) is 0 Å². The summed E-state index contributed by atoms with van der Waals surface area (Å²) in [5.41, 5.74) is 5.28. The van der Waals surface area contributed by atoms with Gasteiger partial charge in [0.15, 0.2) is 5.16 Å². The van der Waals surface area contributed by atoms with Gasteiger partial charge in [0, 0.05) is 18.3 Å². The van der Waals surface area contributed by atoms with Crippen molar-refractivity contribution in [3.63, 3.8) is 0 Å². The fourth-order valence-corrected chi connectivity index (χ4v) is 1.98. The van der Waals surface area contributed by atoms with Crippen molar-refractivity contribution in [2.75, 3.05) is 12.3 Å². The largest absolute Gasteiger partial charge is 0.344 e. The predicted molar refractivity (Wildman–Crippen MR) is 50.9 cm³/mol. The van der Waals surface area contributed by atoms with Crippen LogP contribution in [0.4, 0.5) is 0 Å². The van der Waals surface area contributed by atoms with Gasteiger partial charge in [-0.3, -0.25) is 4.57 Å². The van der Waals surface area contributed by atoms with E-state index < -0.39 is 0 Å². The number of nitrogens with zero attached hydrogens (tertiary/aromatic N) is 2. The Balaban J connectivity index is 2.18. The monoisotopic (exact) mass is 200 g/mol. The molecule has 5 nitrogen and oxygen atoms in total. The summed E-state index contributed by atoms with van der Waals surface area (Å²) >= 11 is 1.53. The van der Waals surface area contributed by atoms with Crippen LogP contribution in [-0.4, -0.2) is 27.1 Å². The fraction of sp³-hybridized carbons (Fsp3) is 0.714. The predicted octanol–water partition coefficient (Wildman–Crippen LogP) is -0.0429. The van der Waals surface area contributed by atoms with Gasteiger partial charge in [-0.15, -0.1) is 5.10 Å². The SMILES string of the molecule is NCCSc1n[nH]c(=O)n1C1CC1. The first-order valence-electron chi connectivity index (χ1n) is 4.32. The van der Waals surface area contributed by atoms with Crippen LogP contribution in [-0.2, 0) is 0 Å². The molecule has 0 amide bonds. The molecule has 1 aliphatic rings. The number of hydrogen-bond acceptors (Lipinski definition) is 4. The second-order valence-corrected chi connectivity index (χ2v) is 4.11. The molecule has 1 fully saturated rings. The minimum Gasteiger partial charge on any atom is -0.330 e. The average molecular weight is 200 g/mol. The molecule has 1 aliphatic carbocycles. The van der Waals surface area contributed by atoms with Crippen molar-refractivity contribution in [3.05, 3.63) is 10.5 Å². The van der Waals surface area contributed by atoms with Gasteiger partial charge in [-0.2, -0.15) is 0 Å². The Morgan fingerprint density at radius 1 is 1.69 bits per heavy atom. The van der Waals surface area contributed by atoms with E-state index in [2.05, 4.69) is 10.2 Å². The van der Waals surface area contributed by atoms with Crippen LogP contribution < -0.4 is 11.4 Å². The van der Waals surface area contributed by atoms with E-state index in [1.54, 1.807) is 4.57 Å². The molecule has 0 saturated heterocycles. The highest BCUT2D eigenvalue weighted by Crippen LogP contribution is 2.35. The lowest BCUT2D eigenvalue weighted by Gasteiger charge is -2.00. The summed E-state index contributed by atoms with van der Waals surface area (Å²) < 4.78 is 1.74. The van der Waals surface area contributed by atoms with Gasteiger partial charge in [-0.05, 0) is 12.8 Å². The molecule has 1 saturated carbocycles. The molecule has 0 radical (unpaired) electrons. The van der Waals surface area contributed by atoms with Crippen molar-refractivity contribution in [2.24, 2.45) is 5.73 Å². The molecular weight excluding hydrogens is 188 g/mol. The minimum atomic E-state index is -0.0954. The van der Waals surface area contributed by atoms with E-state index in [0.717, 1.165) is 23.8 Å². The van der Waals surface area contributed by atoms with Crippen LogP contribution in [0.25, 0.3) is 0 Å². The molecule has 1 heterocycles. The third-order valence-electron chi connectivity index (χ3n) is 1.93. The Labute approximate surface area is 79.7 Å². The summed E-state index contributed by atoms with van der Waals surface area (Å²) in [4.78, 5) is 11.3. The minimum absolute atomic E-state index is 0.0954. The van der Waals surface area contributed by atoms with E-state index in [4.69, 9.17) is 5.73 Å². The molecule has 6 heteroatoms. The first kappa shape index (κ1) is 8.83. The van der Waals surface area contributed by atoms with Crippen molar-refractivity contribution < 1.29 is 0 Å². The highest BCUT2D eigenvalue weighted by atomic mass is 32.2. The molecule has 0 aliphatic heterocycles. The lowest BCUT2D eigenvalue weighted by Crippen LogP contribution is -2.16. The van der Waals surface area contributed by atoms with Crippen LogP contribution in [0.15, 0.2) is 9.95 Å². The molecule has 13 heavy (non-hydrogen) atoms. The second kappa shape index (κ2) is 3.55. The molecule has 72 valence electrons. The van der Waals surface area contributed by atoms with E-state index >= 15 is 0 Å². The maximum atomic E-state index is 11.3. The van der Waals surface area contributed by atoms with Gasteiger partial charge in [0.25, 0.3) is 0 Å². The molecule has 2 rings (SSSR count). The van der Waals surface area contributed by atoms with Gasteiger partial charge >= 0.3 is 5.69 Å². The van der Waals surface area contributed by atoms with Crippen LogP contribution in [0.1, 0.15) is 18.9 Å². The van der Waals surface area contributed by atoms with Crippen LogP contribution in [0.2, 0.25) is 0 Å². The smallest absolute Gasteiger partial charge is 0.330 e. The first-order chi connectivity index (χ1) is 6.33. The topological polar surface area (TPSA) is 76.7 Å². The van der Waals surface area contributed by atoms with Crippen LogP contribution >= 0.6 is 11.8 Å². The second-order valence-electron chi connectivity index (χ2n) is 3.05. The molecular formula is C7H12N4OS. The molecule has 1 aromatic rings. The summed E-state index contributed by atoms with van der Waals surface area (Å²) in [5, 5.41) is 7.19. The Kier molecular flexibility index (Phi) is 2.41. The van der Waals surface area contributed by atoms with E-state index in [0.29, 0.717) is 12.6 Å². The van der Waals surface area contributed by atoms with Crippen molar-refractivity contribution in [2.45, 2.75) is 24.0 Å². The molecule has 0 aromatic carbocycles. The van der Waals surface area contributed by atoms with Crippen molar-refractivity contribution in [1.82, 2.24) is 14.8 Å². The fourth-order valence-electron chi connectivity index (χ4n) is 1.20. The summed E-state index contributed by atoms with van der Waals surface area (Å²) in [6.07, 6.45) is 2.19. The summed E-state index contributed by atoms with van der Waals surface area (Å²) in [7, 11) is 0. The van der Waals surface area contributed by atoms with Crippen molar-refractivity contribution >= 4 is 11.8 Å². The van der Waals surface area contributed by atoms with Crippen LogP contribution in [0.3, 0.4) is 0 Å². The normalized spacial score (nSPS) is 16.4. The Hall–Kier alpha value is -0.750. The van der Waals surface area contributed by atoms with Gasteiger partial charge in [0.1, 0.15) is 0 Å². The first-order valence-corrected chi connectivity index (χ1v) is 5.31. The van der Waals surface area contributed by atoms with Gasteiger partial charge in [-0.1, -0.05) is 11.8 Å². The van der Waals surface area contributed by atoms with Crippen molar-refractivity contribution in [1.29, 1.82) is 0 Å². The van der Waals surface area contributed by atoms with Gasteiger partial charge < -0.3 is 5.73 Å². The van der Waals surface area contributed by atoms with Gasteiger partial charge in [0.2, 0.25) is 0 Å². The number of nitrogens with two attached hydrogens (primary N) is 1. The lowest BCUT2D eigenvalue weighted by molar-refractivity contribution is 0.642. The van der Waals surface area contributed by atoms with E-state index in [-0.39, 0.29) is 5.69 Å². The maximum Gasteiger partial charge on any atom is 0.344 e. The Bertz CT molecular complexity index is 341. The average Bonchev–Trinajstić information content (AvgIpc) is 2.88. The van der Waals surface area contributed by atoms with Gasteiger partial charge in [0.05, 0.1) is 0 Å². The Morgan fingerprint density at radius 3 is 3.08 bits per heavy atom. The number of aromatic amines is 1.